The second-order valence-corrected chi connectivity index (χ2v) is 9.38. The lowest BCUT2D eigenvalue weighted by Gasteiger charge is -2.20. The number of nitrogens with one attached hydrogen (secondary N) is 1. The average Bonchev–Trinajstić information content (AvgIpc) is 3.34. The number of benzene rings is 3. The number of nitrogens with zero attached hydrogens (tertiary/aromatic N) is 1. The molecule has 2 N–H and O–H groups in total. The molecule has 1 atom stereocenters. The molecule has 38 heavy (non-hydrogen) atoms. The highest BCUT2D eigenvalue weighted by Gasteiger charge is 2.24. The van der Waals surface area contributed by atoms with Crippen molar-refractivity contribution >= 4 is 18.0 Å². The van der Waals surface area contributed by atoms with Gasteiger partial charge in [0.15, 0.2) is 0 Å². The van der Waals surface area contributed by atoms with E-state index in [1.54, 1.807) is 22.8 Å². The molecule has 1 aliphatic carbocycles. The number of aliphatic carboxylic acids is 1. The number of aromatic nitrogens is 1. The second kappa shape index (κ2) is 11.1. The topological polar surface area (TPSA) is 88.4 Å². The highest BCUT2D eigenvalue weighted by Crippen LogP contribution is 2.34. The van der Waals surface area contributed by atoms with Crippen molar-refractivity contribution in [2.75, 3.05) is 6.54 Å². The minimum absolute atomic E-state index is 0.0131. The molecule has 0 bridgehead atoms. The van der Waals surface area contributed by atoms with E-state index in [1.807, 2.05) is 66.9 Å². The Balaban J connectivity index is 1.33. The van der Waals surface area contributed by atoms with E-state index in [9.17, 15) is 14.4 Å². The fraction of sp³-hybridized carbons (Fsp3) is 0.156. The van der Waals surface area contributed by atoms with Gasteiger partial charge in [-0.25, -0.2) is 0 Å². The summed E-state index contributed by atoms with van der Waals surface area (Å²) in [5.74, 6) is -1.40. The van der Waals surface area contributed by atoms with Gasteiger partial charge in [0.05, 0.1) is 6.42 Å². The van der Waals surface area contributed by atoms with Gasteiger partial charge in [-0.15, -0.1) is 0 Å². The number of hydrogen-bond donors (Lipinski definition) is 2. The molecule has 0 saturated carbocycles. The minimum Gasteiger partial charge on any atom is -0.481 e. The zero-order valence-electron chi connectivity index (χ0n) is 20.8. The van der Waals surface area contributed by atoms with Crippen molar-refractivity contribution < 1.29 is 14.7 Å². The molecule has 0 radical (unpaired) electrons. The monoisotopic (exact) mass is 504 g/mol. The molecule has 1 aliphatic rings. The first-order valence-electron chi connectivity index (χ1n) is 12.6. The van der Waals surface area contributed by atoms with Crippen LogP contribution < -0.4 is 10.9 Å². The number of amides is 1. The molecule has 4 aromatic rings. The van der Waals surface area contributed by atoms with E-state index in [0.29, 0.717) is 12.1 Å². The third-order valence-electron chi connectivity index (χ3n) is 6.92. The van der Waals surface area contributed by atoms with Crippen molar-refractivity contribution in [3.8, 4) is 0 Å². The molecule has 6 nitrogen and oxygen atoms in total. The summed E-state index contributed by atoms with van der Waals surface area (Å²) in [7, 11) is 0. The van der Waals surface area contributed by atoms with Crippen molar-refractivity contribution in [2.45, 2.75) is 24.8 Å². The van der Waals surface area contributed by atoms with Crippen LogP contribution in [-0.4, -0.2) is 28.1 Å². The summed E-state index contributed by atoms with van der Waals surface area (Å²) in [5.41, 5.74) is 5.21. The molecule has 0 fully saturated rings. The standard InChI is InChI=1S/C32H28N2O4/c35-29-17-15-25(31(22-8-3-1-4-9-22)23-10-5-2-6-11-23)21-34(29)19-18-33-32(38)28-13-7-12-26-24(20-30(36)37)14-16-27(26)28/h1-17,21,24,31H,18-20H2,(H,33,38)(H,36,37). The van der Waals surface area contributed by atoms with Gasteiger partial charge in [0.1, 0.15) is 0 Å². The Morgan fingerprint density at radius 3 is 2.18 bits per heavy atom. The fourth-order valence-electron chi connectivity index (χ4n) is 5.12. The number of allylic oxidation sites excluding steroid dienone is 1. The summed E-state index contributed by atoms with van der Waals surface area (Å²) >= 11 is 0. The van der Waals surface area contributed by atoms with E-state index in [4.69, 9.17) is 5.11 Å². The van der Waals surface area contributed by atoms with Gasteiger partial charge in [0, 0.05) is 42.8 Å². The summed E-state index contributed by atoms with van der Waals surface area (Å²) in [4.78, 5) is 36.9. The summed E-state index contributed by atoms with van der Waals surface area (Å²) in [6, 6.07) is 29.2. The maximum Gasteiger partial charge on any atom is 0.304 e. The third-order valence-corrected chi connectivity index (χ3v) is 6.92. The molecule has 0 aliphatic heterocycles. The van der Waals surface area contributed by atoms with Crippen LogP contribution in [0.25, 0.3) is 6.08 Å². The lowest BCUT2D eigenvalue weighted by molar-refractivity contribution is -0.137. The fourth-order valence-corrected chi connectivity index (χ4v) is 5.12. The van der Waals surface area contributed by atoms with Crippen LogP contribution in [0, 0.1) is 0 Å². The summed E-state index contributed by atoms with van der Waals surface area (Å²) in [6.07, 6.45) is 5.51. The normalized spacial score (nSPS) is 13.9. The van der Waals surface area contributed by atoms with E-state index in [0.717, 1.165) is 27.8 Å². The number of rotatable bonds is 9. The summed E-state index contributed by atoms with van der Waals surface area (Å²) in [5, 5.41) is 12.1. The number of fused-ring (bicyclic) bond motifs is 1. The molecule has 190 valence electrons. The van der Waals surface area contributed by atoms with E-state index in [-0.39, 0.29) is 36.3 Å². The second-order valence-electron chi connectivity index (χ2n) is 9.38. The molecule has 1 amide bonds. The van der Waals surface area contributed by atoms with E-state index >= 15 is 0 Å². The van der Waals surface area contributed by atoms with Crippen LogP contribution in [0.3, 0.4) is 0 Å². The van der Waals surface area contributed by atoms with Crippen LogP contribution in [0.4, 0.5) is 0 Å². The quantitative estimate of drug-likeness (QED) is 0.334. The molecule has 5 rings (SSSR count). The van der Waals surface area contributed by atoms with Crippen LogP contribution >= 0.6 is 0 Å². The van der Waals surface area contributed by atoms with E-state index in [2.05, 4.69) is 29.6 Å². The maximum atomic E-state index is 13.0. The molecule has 0 spiro atoms. The maximum absolute atomic E-state index is 13.0. The molecule has 1 unspecified atom stereocenters. The Morgan fingerprint density at radius 2 is 1.53 bits per heavy atom. The largest absolute Gasteiger partial charge is 0.481 e. The highest BCUT2D eigenvalue weighted by molar-refractivity contribution is 5.99. The van der Waals surface area contributed by atoms with E-state index < -0.39 is 5.97 Å². The first-order valence-corrected chi connectivity index (χ1v) is 12.6. The van der Waals surface area contributed by atoms with Crippen molar-refractivity contribution in [2.24, 2.45) is 0 Å². The Hall–Kier alpha value is -4.71. The number of carboxylic acids is 1. The van der Waals surface area contributed by atoms with Gasteiger partial charge in [-0.1, -0.05) is 91.0 Å². The predicted octanol–water partition coefficient (Wildman–Crippen LogP) is 5.04. The third kappa shape index (κ3) is 5.34. The number of carbonyl (C=O) groups excluding carboxylic acids is 1. The Kier molecular flexibility index (Phi) is 7.31. The lowest BCUT2D eigenvalue weighted by Crippen LogP contribution is -2.31. The van der Waals surface area contributed by atoms with Crippen molar-refractivity contribution in [1.82, 2.24) is 9.88 Å². The van der Waals surface area contributed by atoms with Crippen molar-refractivity contribution in [3.05, 3.63) is 147 Å². The van der Waals surface area contributed by atoms with Crippen LogP contribution in [0.2, 0.25) is 0 Å². The van der Waals surface area contributed by atoms with E-state index in [1.165, 1.54) is 0 Å². The Labute approximate surface area is 220 Å². The van der Waals surface area contributed by atoms with Crippen molar-refractivity contribution in [1.29, 1.82) is 0 Å². The van der Waals surface area contributed by atoms with Gasteiger partial charge < -0.3 is 15.0 Å². The smallest absolute Gasteiger partial charge is 0.304 e. The molecule has 6 heteroatoms. The zero-order chi connectivity index (χ0) is 26.5. The van der Waals surface area contributed by atoms with Gasteiger partial charge in [-0.2, -0.15) is 0 Å². The molecule has 1 aromatic heterocycles. The van der Waals surface area contributed by atoms with Crippen LogP contribution in [0.5, 0.6) is 0 Å². The molecular weight excluding hydrogens is 476 g/mol. The number of carbonyl (C=O) groups is 2. The van der Waals surface area contributed by atoms with Gasteiger partial charge in [-0.05, 0) is 33.9 Å². The van der Waals surface area contributed by atoms with Crippen molar-refractivity contribution in [3.63, 3.8) is 0 Å². The minimum atomic E-state index is -0.878. The Bertz CT molecular complexity index is 1500. The lowest BCUT2D eigenvalue weighted by atomic mass is 9.86. The van der Waals surface area contributed by atoms with Crippen LogP contribution in [-0.2, 0) is 11.3 Å². The van der Waals surface area contributed by atoms with Crippen LogP contribution in [0.1, 0.15) is 56.4 Å². The summed E-state index contributed by atoms with van der Waals surface area (Å²) < 4.78 is 1.63. The first kappa shape index (κ1) is 25.0. The van der Waals surface area contributed by atoms with Gasteiger partial charge in [-0.3, -0.25) is 14.4 Å². The number of pyridine rings is 1. The average molecular weight is 505 g/mol. The van der Waals surface area contributed by atoms with Gasteiger partial charge in [0.25, 0.3) is 11.5 Å². The van der Waals surface area contributed by atoms with Gasteiger partial charge >= 0.3 is 5.97 Å². The van der Waals surface area contributed by atoms with Crippen LogP contribution in [0.15, 0.2) is 108 Å². The Morgan fingerprint density at radius 1 is 0.842 bits per heavy atom. The predicted molar refractivity (Wildman–Crippen MR) is 147 cm³/mol. The molecule has 1 heterocycles. The number of hydrogen-bond acceptors (Lipinski definition) is 3. The zero-order valence-corrected chi connectivity index (χ0v) is 20.8. The SMILES string of the molecule is O=C(O)CC1C=Cc2c(C(=O)NCCn3cc(C(c4ccccc4)c4ccccc4)ccc3=O)cccc21. The first-order chi connectivity index (χ1) is 18.5. The van der Waals surface area contributed by atoms with Gasteiger partial charge in [0.2, 0.25) is 0 Å². The number of carboxylic acid groups (broad SMARTS) is 1. The highest BCUT2D eigenvalue weighted by atomic mass is 16.4. The molecular formula is C32H28N2O4. The molecule has 0 saturated heterocycles. The molecule has 3 aromatic carbocycles. The summed E-state index contributed by atoms with van der Waals surface area (Å²) in [6.45, 7) is 0.594.